The van der Waals surface area contributed by atoms with Crippen molar-refractivity contribution in [2.75, 3.05) is 5.32 Å². The fourth-order valence-electron chi connectivity index (χ4n) is 11.9. The molecule has 0 unspecified atom stereocenters. The summed E-state index contributed by atoms with van der Waals surface area (Å²) in [4.78, 5) is 13.5. The van der Waals surface area contributed by atoms with E-state index in [9.17, 15) is 26.7 Å². The number of benzene rings is 8. The zero-order chi connectivity index (χ0) is 50.6. The largest absolute Gasteiger partial charge is 0.472 e. The molecule has 0 spiro atoms. The number of anilines is 1. The molecule has 1 fully saturated rings. The van der Waals surface area contributed by atoms with Crippen LogP contribution in [0.2, 0.25) is 0 Å². The number of halogens is 5. The summed E-state index contributed by atoms with van der Waals surface area (Å²) >= 11 is 0. The number of alkyl halides is 3. The van der Waals surface area contributed by atoms with Gasteiger partial charge in [-0.3, -0.25) is 4.79 Å². The molecule has 2 aliphatic carbocycles. The van der Waals surface area contributed by atoms with Crippen LogP contribution in [0.25, 0.3) is 50.2 Å². The van der Waals surface area contributed by atoms with Gasteiger partial charge in [0.25, 0.3) is 5.91 Å². The Bertz CT molecular complexity index is 3340. The molecule has 1 N–H and O–H groups in total. The molecule has 0 bridgehead atoms. The first-order valence-electron chi connectivity index (χ1n) is 25.6. The maximum Gasteiger partial charge on any atom is 0.416 e. The number of unbranched alkanes of at least 4 members (excludes halogenated alkanes) is 2. The second-order valence-corrected chi connectivity index (χ2v) is 20.8. The normalized spacial score (nSPS) is 17.4. The minimum atomic E-state index is -4.64. The Labute approximate surface area is 423 Å². The quantitative estimate of drug-likeness (QED) is 0.104. The monoisotopic (exact) mass is 977 g/mol. The first-order valence-corrected chi connectivity index (χ1v) is 25.6. The molecule has 8 heteroatoms. The van der Waals surface area contributed by atoms with Gasteiger partial charge in [-0.15, -0.1) is 0 Å². The highest BCUT2D eigenvalue weighted by Crippen LogP contribution is 2.59. The van der Waals surface area contributed by atoms with E-state index in [0.29, 0.717) is 39.2 Å². The fraction of sp³-hybridized carbons (Fsp3) is 0.246. The highest BCUT2D eigenvalue weighted by Gasteiger charge is 2.45. The van der Waals surface area contributed by atoms with Crippen molar-refractivity contribution in [2.45, 2.75) is 95.2 Å². The predicted molar refractivity (Wildman–Crippen MR) is 284 cm³/mol. The maximum atomic E-state index is 14.6. The van der Waals surface area contributed by atoms with Crippen molar-refractivity contribution in [1.82, 2.24) is 0 Å². The van der Waals surface area contributed by atoms with Gasteiger partial charge in [-0.25, -0.2) is 8.78 Å². The van der Waals surface area contributed by atoms with Crippen LogP contribution in [0.3, 0.4) is 0 Å². The van der Waals surface area contributed by atoms with Crippen LogP contribution in [0.5, 0.6) is 5.75 Å². The van der Waals surface area contributed by atoms with Crippen LogP contribution in [0, 0.1) is 17.6 Å². The number of ether oxygens (including phenoxy) is 1. The lowest BCUT2D eigenvalue weighted by atomic mass is 9.76. The molecule has 0 saturated heterocycles. The predicted octanol–water partition coefficient (Wildman–Crippen LogP) is 18.2. The number of fused-ring (bicyclic) bond motifs is 8. The first-order chi connectivity index (χ1) is 35.2. The molecular formula is C65H56F5NO2. The highest BCUT2D eigenvalue weighted by atomic mass is 19.4. The summed E-state index contributed by atoms with van der Waals surface area (Å²) in [5.74, 6) is 0.617. The van der Waals surface area contributed by atoms with Gasteiger partial charge in [0.1, 0.15) is 17.4 Å². The van der Waals surface area contributed by atoms with Crippen molar-refractivity contribution < 1.29 is 31.5 Å². The minimum Gasteiger partial charge on any atom is -0.472 e. The number of amides is 1. The molecule has 0 aromatic heterocycles. The van der Waals surface area contributed by atoms with E-state index in [1.165, 1.54) is 87.3 Å². The average molecular weight is 978 g/mol. The minimum absolute atomic E-state index is 0.217. The summed E-state index contributed by atoms with van der Waals surface area (Å²) in [7, 11) is 0. The van der Waals surface area contributed by atoms with Crippen molar-refractivity contribution in [3.05, 3.63) is 220 Å². The lowest BCUT2D eigenvalue weighted by Crippen LogP contribution is -2.35. The van der Waals surface area contributed by atoms with Gasteiger partial charge in [-0.05, 0) is 166 Å². The van der Waals surface area contributed by atoms with Crippen molar-refractivity contribution in [3.63, 3.8) is 0 Å². The Morgan fingerprint density at radius 2 is 1.25 bits per heavy atom. The Balaban J connectivity index is 0.858. The van der Waals surface area contributed by atoms with E-state index < -0.39 is 34.4 Å². The zero-order valence-corrected chi connectivity index (χ0v) is 41.2. The van der Waals surface area contributed by atoms with E-state index in [1.54, 1.807) is 24.3 Å². The number of hydrogen-bond donors (Lipinski definition) is 1. The Kier molecular flexibility index (Phi) is 12.4. The molecule has 1 aliphatic heterocycles. The van der Waals surface area contributed by atoms with Crippen molar-refractivity contribution in [1.29, 1.82) is 0 Å². The lowest BCUT2D eigenvalue weighted by molar-refractivity contribution is -0.137. The fourth-order valence-corrected chi connectivity index (χ4v) is 11.9. The van der Waals surface area contributed by atoms with E-state index in [2.05, 4.69) is 62.5 Å². The summed E-state index contributed by atoms with van der Waals surface area (Å²) in [6, 6.07) is 45.8. The van der Waals surface area contributed by atoms with Crippen LogP contribution in [-0.2, 0) is 17.2 Å². The highest BCUT2D eigenvalue weighted by molar-refractivity contribution is 6.09. The second-order valence-electron chi connectivity index (χ2n) is 20.8. The van der Waals surface area contributed by atoms with Gasteiger partial charge in [0.05, 0.1) is 5.56 Å². The Morgan fingerprint density at radius 3 is 1.86 bits per heavy atom. The van der Waals surface area contributed by atoms with Gasteiger partial charge in [0, 0.05) is 38.7 Å². The molecule has 0 radical (unpaired) electrons. The van der Waals surface area contributed by atoms with E-state index in [-0.39, 0.29) is 17.0 Å². The summed E-state index contributed by atoms with van der Waals surface area (Å²) in [6.07, 6.45) is 9.64. The van der Waals surface area contributed by atoms with E-state index in [0.717, 1.165) is 62.6 Å². The molecule has 368 valence electrons. The van der Waals surface area contributed by atoms with E-state index in [1.807, 2.05) is 66.7 Å². The number of carbonyl (C=O) groups is 1. The SMILES string of the molecule is CCCCC[C@H]1CC[C@H](c2ccc(-c3ccc(C(=O)Nc4ccc(-c5ccc6c(c5)-c5c(c7c(c8cc(C(F)(F)F)ccc58)OC(c5ccc(F)cc5)(c5ccc(F)cc5)C=C7)C6(C)C)cc4)cc3)cc2)CC1. The van der Waals surface area contributed by atoms with Crippen LogP contribution in [0.1, 0.15) is 127 Å². The summed E-state index contributed by atoms with van der Waals surface area (Å²) in [5.41, 5.74) is 8.98. The molecule has 3 aliphatic rings. The molecule has 1 heterocycles. The number of rotatable bonds is 11. The van der Waals surface area contributed by atoms with E-state index in [4.69, 9.17) is 4.74 Å². The van der Waals surface area contributed by atoms with Crippen LogP contribution >= 0.6 is 0 Å². The molecule has 3 nitrogen and oxygen atoms in total. The number of nitrogens with one attached hydrogen (secondary N) is 1. The van der Waals surface area contributed by atoms with Gasteiger partial charge in [-0.1, -0.05) is 144 Å². The molecule has 0 atom stereocenters. The summed E-state index contributed by atoms with van der Waals surface area (Å²) in [5, 5.41) is 3.89. The molecular weight excluding hydrogens is 922 g/mol. The smallest absolute Gasteiger partial charge is 0.416 e. The van der Waals surface area contributed by atoms with Gasteiger partial charge in [0.2, 0.25) is 0 Å². The van der Waals surface area contributed by atoms with Crippen LogP contribution in [0.15, 0.2) is 164 Å². The maximum absolute atomic E-state index is 14.6. The molecule has 8 aromatic rings. The average Bonchev–Trinajstić information content (AvgIpc) is 3.64. The standard InChI is InChI=1S/C65H56F5NO2/c1-4-5-6-7-40-8-10-41(11-9-40)42-12-14-43(15-13-42)44-16-18-46(19-17-44)62(72)71-53-32-20-45(21-33-53)47-22-35-58-57(38-47)59-54-34-27-50(65(68,69)70)39-56(54)61-55(60(59)63(58,2)3)36-37-64(73-61,48-23-28-51(66)29-24-48)49-25-30-52(67)31-26-49/h12-41H,4-11H2,1-3H3,(H,71,72)/t40-,41-. The van der Waals surface area contributed by atoms with Crippen molar-refractivity contribution in [3.8, 4) is 39.1 Å². The zero-order valence-electron chi connectivity index (χ0n) is 41.2. The topological polar surface area (TPSA) is 38.3 Å². The summed E-state index contributed by atoms with van der Waals surface area (Å²) in [6.45, 7) is 6.48. The van der Waals surface area contributed by atoms with Crippen LogP contribution < -0.4 is 10.1 Å². The molecule has 1 amide bonds. The summed E-state index contributed by atoms with van der Waals surface area (Å²) < 4.78 is 79.5. The second kappa shape index (κ2) is 18.9. The third kappa shape index (κ3) is 8.93. The van der Waals surface area contributed by atoms with Gasteiger partial charge >= 0.3 is 6.18 Å². The third-order valence-electron chi connectivity index (χ3n) is 15.9. The first kappa shape index (κ1) is 48.0. The Morgan fingerprint density at radius 1 is 0.658 bits per heavy atom. The van der Waals surface area contributed by atoms with Gasteiger partial charge in [0.15, 0.2) is 5.60 Å². The molecule has 73 heavy (non-hydrogen) atoms. The van der Waals surface area contributed by atoms with Crippen LogP contribution in [-0.4, -0.2) is 5.91 Å². The molecule has 8 aromatic carbocycles. The third-order valence-corrected chi connectivity index (χ3v) is 15.9. The van der Waals surface area contributed by atoms with Gasteiger partial charge in [-0.2, -0.15) is 13.2 Å². The molecule has 1 saturated carbocycles. The lowest BCUT2D eigenvalue weighted by Gasteiger charge is -2.38. The van der Waals surface area contributed by atoms with Crippen molar-refractivity contribution in [2.24, 2.45) is 5.92 Å². The molecule has 11 rings (SSSR count). The number of carbonyl (C=O) groups excluding carboxylic acids is 1. The van der Waals surface area contributed by atoms with Crippen molar-refractivity contribution >= 4 is 28.4 Å². The van der Waals surface area contributed by atoms with Crippen LogP contribution in [0.4, 0.5) is 27.6 Å². The Hall–Kier alpha value is -7.32. The number of hydrogen-bond acceptors (Lipinski definition) is 2. The van der Waals surface area contributed by atoms with Gasteiger partial charge < -0.3 is 10.1 Å². The van der Waals surface area contributed by atoms with E-state index >= 15 is 0 Å².